The molecule has 1 aromatic carbocycles. The van der Waals surface area contributed by atoms with Gasteiger partial charge in [-0.15, -0.1) is 0 Å². The average molecular weight is 468 g/mol. The van der Waals surface area contributed by atoms with Gasteiger partial charge in [-0.05, 0) is 31.2 Å². The maximum absolute atomic E-state index is 11.8. The molecule has 0 spiro atoms. The fraction of sp³-hybridized carbons (Fsp3) is 0.389. The van der Waals surface area contributed by atoms with Crippen LogP contribution in [0.3, 0.4) is 0 Å². The Kier molecular flexibility index (Phi) is 7.05. The van der Waals surface area contributed by atoms with Gasteiger partial charge in [0.15, 0.2) is 0 Å². The van der Waals surface area contributed by atoms with Crippen molar-refractivity contribution in [3.63, 3.8) is 0 Å². The highest BCUT2D eigenvalue weighted by molar-refractivity contribution is 7.85. The summed E-state index contributed by atoms with van der Waals surface area (Å²) in [5.41, 5.74) is -0.462. The molecule has 0 atom stereocenters. The van der Waals surface area contributed by atoms with Crippen LogP contribution in [-0.2, 0) is 19.6 Å². The van der Waals surface area contributed by atoms with Gasteiger partial charge in [-0.2, -0.15) is 13.4 Å². The first kappa shape index (κ1) is 23.1. The van der Waals surface area contributed by atoms with Crippen LogP contribution in [0.15, 0.2) is 35.5 Å². The number of hydrogen-bond acceptors (Lipinski definition) is 11. The molecule has 0 saturated carbocycles. The van der Waals surface area contributed by atoms with Crippen LogP contribution in [0.5, 0.6) is 11.6 Å². The summed E-state index contributed by atoms with van der Waals surface area (Å²) in [5, 5.41) is 11.8. The third kappa shape index (κ3) is 5.59. The molecule has 13 nitrogen and oxygen atoms in total. The molecule has 0 radical (unpaired) electrons. The van der Waals surface area contributed by atoms with Crippen molar-refractivity contribution in [2.45, 2.75) is 30.8 Å². The van der Waals surface area contributed by atoms with E-state index in [-0.39, 0.29) is 35.1 Å². The number of nitro groups is 1. The zero-order valence-corrected chi connectivity index (χ0v) is 17.7. The number of rotatable bonds is 7. The van der Waals surface area contributed by atoms with E-state index in [1.54, 1.807) is 11.8 Å². The second-order valence-electron chi connectivity index (χ2n) is 6.64. The molecule has 172 valence electrons. The van der Waals surface area contributed by atoms with Gasteiger partial charge in [0.2, 0.25) is 5.82 Å². The Bertz CT molecular complexity index is 1080. The molecule has 1 aromatic heterocycles. The Morgan fingerprint density at radius 1 is 1.25 bits per heavy atom. The molecule has 1 aliphatic rings. The minimum absolute atomic E-state index is 0.0455. The van der Waals surface area contributed by atoms with Gasteiger partial charge in [0.25, 0.3) is 10.1 Å². The molecule has 0 amide bonds. The lowest BCUT2D eigenvalue weighted by Gasteiger charge is -2.31. The van der Waals surface area contributed by atoms with Gasteiger partial charge in [0.1, 0.15) is 18.2 Å². The van der Waals surface area contributed by atoms with Gasteiger partial charge < -0.3 is 19.1 Å². The Morgan fingerprint density at radius 2 is 1.91 bits per heavy atom. The van der Waals surface area contributed by atoms with E-state index in [4.69, 9.17) is 18.8 Å². The standard InChI is InChI=1S/C18H20N4O9S/c1-2-29-18(23)31-13-7-9-21(10-8-13)16-15(22(24)25)17(20-11-19-16)30-12-3-5-14(6-4-12)32(26,27)28/h3-6,11,13H,2,7-10H2,1H3,(H,26,27,28). The Labute approximate surface area is 182 Å². The molecule has 14 heteroatoms. The Balaban J connectivity index is 1.77. The Hall–Kier alpha value is -3.52. The molecule has 2 aromatic rings. The highest BCUT2D eigenvalue weighted by Gasteiger charge is 2.32. The van der Waals surface area contributed by atoms with E-state index in [1.807, 2.05) is 0 Å². The predicted octanol–water partition coefficient (Wildman–Crippen LogP) is 2.57. The van der Waals surface area contributed by atoms with Crippen LogP contribution >= 0.6 is 0 Å². The van der Waals surface area contributed by atoms with Crippen LogP contribution < -0.4 is 9.64 Å². The summed E-state index contributed by atoms with van der Waals surface area (Å²) in [5.74, 6) is -0.208. The molecule has 0 bridgehead atoms. The van der Waals surface area contributed by atoms with E-state index in [0.717, 1.165) is 18.5 Å². The molecular formula is C18H20N4O9S. The van der Waals surface area contributed by atoms with Gasteiger partial charge >= 0.3 is 17.7 Å². The molecule has 1 aliphatic heterocycles. The van der Waals surface area contributed by atoms with Crippen molar-refractivity contribution < 1.29 is 36.9 Å². The molecular weight excluding hydrogens is 448 g/mol. The number of piperidine rings is 1. The third-order valence-corrected chi connectivity index (χ3v) is 5.42. The molecule has 1 fully saturated rings. The summed E-state index contributed by atoms with van der Waals surface area (Å²) < 4.78 is 46.8. The summed E-state index contributed by atoms with van der Waals surface area (Å²) >= 11 is 0. The fourth-order valence-corrected chi connectivity index (χ4v) is 3.56. The van der Waals surface area contributed by atoms with E-state index >= 15 is 0 Å². The van der Waals surface area contributed by atoms with Gasteiger partial charge in [-0.3, -0.25) is 14.7 Å². The van der Waals surface area contributed by atoms with Crippen LogP contribution in [0.1, 0.15) is 19.8 Å². The topological polar surface area (TPSA) is 171 Å². The second-order valence-corrected chi connectivity index (χ2v) is 8.07. The number of carbonyl (C=O) groups excluding carboxylic acids is 1. The van der Waals surface area contributed by atoms with E-state index in [9.17, 15) is 23.3 Å². The number of nitrogens with zero attached hydrogens (tertiary/aromatic N) is 4. The minimum Gasteiger partial charge on any atom is -0.435 e. The minimum atomic E-state index is -4.39. The van der Waals surface area contributed by atoms with Crippen molar-refractivity contribution in [2.24, 2.45) is 0 Å². The maximum atomic E-state index is 11.8. The van der Waals surface area contributed by atoms with Gasteiger partial charge in [-0.25, -0.2) is 9.78 Å². The van der Waals surface area contributed by atoms with Crippen molar-refractivity contribution >= 4 is 27.8 Å². The number of carbonyl (C=O) groups is 1. The SMILES string of the molecule is CCOC(=O)OC1CCN(c2ncnc(Oc3ccc(S(=O)(=O)O)cc3)c2[N+](=O)[O-])CC1. The predicted molar refractivity (Wildman–Crippen MR) is 108 cm³/mol. The van der Waals surface area contributed by atoms with Crippen molar-refractivity contribution in [1.82, 2.24) is 9.97 Å². The number of ether oxygens (including phenoxy) is 3. The first-order chi connectivity index (χ1) is 15.2. The van der Waals surface area contributed by atoms with Gasteiger partial charge in [-0.1, -0.05) is 0 Å². The van der Waals surface area contributed by atoms with Crippen molar-refractivity contribution in [3.05, 3.63) is 40.7 Å². The average Bonchev–Trinajstić information content (AvgIpc) is 2.74. The molecule has 2 heterocycles. The van der Waals surface area contributed by atoms with Crippen molar-refractivity contribution in [2.75, 3.05) is 24.6 Å². The van der Waals surface area contributed by atoms with Gasteiger partial charge in [0.05, 0.1) is 16.4 Å². The van der Waals surface area contributed by atoms with Crippen LogP contribution in [0, 0.1) is 10.1 Å². The van der Waals surface area contributed by atoms with Crippen LogP contribution in [0.2, 0.25) is 0 Å². The summed E-state index contributed by atoms with van der Waals surface area (Å²) in [4.78, 5) is 31.8. The van der Waals surface area contributed by atoms with Crippen molar-refractivity contribution in [1.29, 1.82) is 0 Å². The van der Waals surface area contributed by atoms with Crippen molar-refractivity contribution in [3.8, 4) is 11.6 Å². The number of hydrogen-bond donors (Lipinski definition) is 1. The number of benzene rings is 1. The summed E-state index contributed by atoms with van der Waals surface area (Å²) in [6, 6.07) is 4.64. The fourth-order valence-electron chi connectivity index (χ4n) is 3.08. The van der Waals surface area contributed by atoms with Crippen LogP contribution in [0.25, 0.3) is 0 Å². The molecule has 0 aliphatic carbocycles. The van der Waals surface area contributed by atoms with E-state index in [0.29, 0.717) is 25.9 Å². The molecule has 32 heavy (non-hydrogen) atoms. The second kappa shape index (κ2) is 9.74. The van der Waals surface area contributed by atoms with Gasteiger partial charge in [0, 0.05) is 25.9 Å². The lowest BCUT2D eigenvalue weighted by Crippen LogP contribution is -2.38. The highest BCUT2D eigenvalue weighted by atomic mass is 32.2. The summed E-state index contributed by atoms with van der Waals surface area (Å²) in [6.45, 7) is 2.54. The summed E-state index contributed by atoms with van der Waals surface area (Å²) in [6.07, 6.45) is 0.837. The highest BCUT2D eigenvalue weighted by Crippen LogP contribution is 2.37. The maximum Gasteiger partial charge on any atom is 0.508 e. The first-order valence-electron chi connectivity index (χ1n) is 9.52. The Morgan fingerprint density at radius 3 is 2.47 bits per heavy atom. The largest absolute Gasteiger partial charge is 0.508 e. The van der Waals surface area contributed by atoms with E-state index < -0.39 is 26.9 Å². The molecule has 1 N–H and O–H groups in total. The lowest BCUT2D eigenvalue weighted by molar-refractivity contribution is -0.385. The number of aromatic nitrogens is 2. The summed E-state index contributed by atoms with van der Waals surface area (Å²) in [7, 11) is -4.39. The quantitative estimate of drug-likeness (QED) is 0.273. The normalized spacial score (nSPS) is 14.6. The smallest absolute Gasteiger partial charge is 0.435 e. The van der Waals surface area contributed by atoms with E-state index in [2.05, 4.69) is 9.97 Å². The number of anilines is 1. The van der Waals surface area contributed by atoms with E-state index in [1.165, 1.54) is 12.1 Å². The van der Waals surface area contributed by atoms with Crippen LogP contribution in [-0.4, -0.2) is 59.8 Å². The first-order valence-corrected chi connectivity index (χ1v) is 11.0. The molecule has 1 saturated heterocycles. The monoisotopic (exact) mass is 468 g/mol. The molecule has 0 unspecified atom stereocenters. The zero-order chi connectivity index (χ0) is 23.3. The van der Waals surface area contributed by atoms with Crippen LogP contribution in [0.4, 0.5) is 16.3 Å². The molecule has 3 rings (SSSR count). The third-order valence-electron chi connectivity index (χ3n) is 4.55. The zero-order valence-electron chi connectivity index (χ0n) is 16.9. The lowest BCUT2D eigenvalue weighted by atomic mass is 10.1.